The number of nitrogens with two attached hydrogens (primary N) is 1. The third-order valence-electron chi connectivity index (χ3n) is 3.18. The summed E-state index contributed by atoms with van der Waals surface area (Å²) >= 11 is 0. The van der Waals surface area contributed by atoms with Gasteiger partial charge in [-0.3, -0.25) is 0 Å². The number of anilines is 1. The van der Waals surface area contributed by atoms with Gasteiger partial charge in [0.2, 0.25) is 10.0 Å². The maximum Gasteiger partial charge on any atom is 0.218 e. The fourth-order valence-corrected chi connectivity index (χ4v) is 4.18. The molecule has 1 unspecified atom stereocenters. The second-order valence-electron chi connectivity index (χ2n) is 5.27. The van der Waals surface area contributed by atoms with Crippen LogP contribution in [0.15, 0.2) is 24.3 Å². The third-order valence-corrected chi connectivity index (χ3v) is 5.19. The van der Waals surface area contributed by atoms with Gasteiger partial charge < -0.3 is 10.6 Å². The molecule has 1 atom stereocenters. The first kappa shape index (κ1) is 16.9. The van der Waals surface area contributed by atoms with Crippen LogP contribution in [0.3, 0.4) is 0 Å². The average molecular weight is 299 g/mol. The largest absolute Gasteiger partial charge is 0.398 e. The Morgan fingerprint density at radius 2 is 1.85 bits per heavy atom. The Balaban J connectivity index is 2.93. The predicted molar refractivity (Wildman–Crippen MR) is 83.9 cm³/mol. The molecule has 2 N–H and O–H groups in total. The van der Waals surface area contributed by atoms with E-state index in [0.29, 0.717) is 24.3 Å². The number of benzene rings is 1. The van der Waals surface area contributed by atoms with Crippen LogP contribution in [0.25, 0.3) is 0 Å². The number of likely N-dealkylation sites (N-methyl/N-ethyl adjacent to an activating group) is 2. The molecule has 0 radical (unpaired) electrons. The summed E-state index contributed by atoms with van der Waals surface area (Å²) in [6.45, 7) is 4.94. The molecule has 20 heavy (non-hydrogen) atoms. The van der Waals surface area contributed by atoms with Crippen LogP contribution < -0.4 is 5.73 Å². The monoisotopic (exact) mass is 299 g/mol. The van der Waals surface area contributed by atoms with Crippen molar-refractivity contribution in [1.29, 1.82) is 0 Å². The minimum Gasteiger partial charge on any atom is -0.398 e. The Hall–Kier alpha value is -1.11. The fraction of sp³-hybridized carbons (Fsp3) is 0.571. The Kier molecular flexibility index (Phi) is 5.98. The Morgan fingerprint density at radius 1 is 1.25 bits per heavy atom. The summed E-state index contributed by atoms with van der Waals surface area (Å²) in [5.41, 5.74) is 7.01. The number of hydrogen-bond donors (Lipinski definition) is 1. The van der Waals surface area contributed by atoms with Crippen molar-refractivity contribution in [3.63, 3.8) is 0 Å². The highest BCUT2D eigenvalue weighted by Gasteiger charge is 2.26. The number of nitrogen functional groups attached to an aromatic ring is 1. The molecule has 1 aromatic carbocycles. The average Bonchev–Trinajstić information content (AvgIpc) is 2.31. The van der Waals surface area contributed by atoms with Crippen molar-refractivity contribution in [3.05, 3.63) is 29.8 Å². The molecule has 6 heteroatoms. The van der Waals surface area contributed by atoms with Crippen LogP contribution in [0.5, 0.6) is 0 Å². The van der Waals surface area contributed by atoms with Crippen LogP contribution >= 0.6 is 0 Å². The van der Waals surface area contributed by atoms with Gasteiger partial charge in [-0.25, -0.2) is 8.42 Å². The second-order valence-corrected chi connectivity index (χ2v) is 7.19. The van der Waals surface area contributed by atoms with Crippen molar-refractivity contribution in [3.8, 4) is 0 Å². The molecule has 0 aliphatic rings. The van der Waals surface area contributed by atoms with Gasteiger partial charge in [0.05, 0.1) is 5.75 Å². The molecular formula is C14H25N3O2S. The lowest BCUT2D eigenvalue weighted by Gasteiger charge is -2.29. The Bertz CT molecular complexity index is 529. The molecular weight excluding hydrogens is 274 g/mol. The first-order chi connectivity index (χ1) is 9.27. The molecule has 0 amide bonds. The molecule has 1 rings (SSSR count). The van der Waals surface area contributed by atoms with Gasteiger partial charge >= 0.3 is 0 Å². The predicted octanol–water partition coefficient (Wildman–Crippen LogP) is 1.37. The summed E-state index contributed by atoms with van der Waals surface area (Å²) in [6, 6.07) is 7.03. The minimum absolute atomic E-state index is 0.0503. The maximum atomic E-state index is 12.6. The zero-order valence-corrected chi connectivity index (χ0v) is 13.5. The molecule has 0 heterocycles. The second kappa shape index (κ2) is 7.06. The topological polar surface area (TPSA) is 66.6 Å². The maximum absolute atomic E-state index is 12.6. The van der Waals surface area contributed by atoms with Gasteiger partial charge in [0, 0.05) is 24.8 Å². The number of para-hydroxylation sites is 1. The summed E-state index contributed by atoms with van der Waals surface area (Å²) < 4.78 is 26.7. The lowest BCUT2D eigenvalue weighted by Crippen LogP contribution is -2.44. The van der Waals surface area contributed by atoms with Gasteiger partial charge in [0.25, 0.3) is 0 Å². The third kappa shape index (κ3) is 4.47. The minimum atomic E-state index is -3.37. The van der Waals surface area contributed by atoms with Crippen LogP contribution in [0.4, 0.5) is 5.69 Å². The molecule has 0 aliphatic carbocycles. The summed E-state index contributed by atoms with van der Waals surface area (Å²) in [6.07, 6.45) is 0. The highest BCUT2D eigenvalue weighted by atomic mass is 32.2. The number of nitrogens with zero attached hydrogens (tertiary/aromatic N) is 2. The number of sulfonamides is 1. The van der Waals surface area contributed by atoms with E-state index in [1.807, 2.05) is 32.8 Å². The number of rotatable bonds is 7. The van der Waals surface area contributed by atoms with Crippen molar-refractivity contribution in [2.24, 2.45) is 0 Å². The molecule has 0 saturated carbocycles. The van der Waals surface area contributed by atoms with E-state index < -0.39 is 10.0 Å². The van der Waals surface area contributed by atoms with Crippen LogP contribution in [-0.4, -0.2) is 50.8 Å². The summed E-state index contributed by atoms with van der Waals surface area (Å²) in [5, 5.41) is 0. The lowest BCUT2D eigenvalue weighted by atomic mass is 10.2. The summed E-state index contributed by atoms with van der Waals surface area (Å²) in [5.74, 6) is -0.0503. The van der Waals surface area contributed by atoms with Crippen molar-refractivity contribution in [2.75, 3.05) is 32.9 Å². The van der Waals surface area contributed by atoms with Gasteiger partial charge in [-0.15, -0.1) is 0 Å². The molecule has 0 saturated heterocycles. The van der Waals surface area contributed by atoms with Crippen LogP contribution in [0.2, 0.25) is 0 Å². The van der Waals surface area contributed by atoms with E-state index in [2.05, 4.69) is 0 Å². The first-order valence-corrected chi connectivity index (χ1v) is 8.36. The van der Waals surface area contributed by atoms with Crippen molar-refractivity contribution in [1.82, 2.24) is 9.21 Å². The zero-order chi connectivity index (χ0) is 15.3. The molecule has 5 nitrogen and oxygen atoms in total. The Labute approximate surface area is 122 Å². The van der Waals surface area contributed by atoms with E-state index in [9.17, 15) is 8.42 Å². The lowest BCUT2D eigenvalue weighted by molar-refractivity contribution is 0.271. The SMILES string of the molecule is CCN(C(C)CN(C)C)S(=O)(=O)Cc1ccccc1N. The van der Waals surface area contributed by atoms with Crippen molar-refractivity contribution in [2.45, 2.75) is 25.6 Å². The van der Waals surface area contributed by atoms with E-state index in [1.54, 1.807) is 28.6 Å². The van der Waals surface area contributed by atoms with Crippen molar-refractivity contribution < 1.29 is 8.42 Å². The van der Waals surface area contributed by atoms with Gasteiger partial charge in [0.1, 0.15) is 0 Å². The molecule has 0 spiro atoms. The fourth-order valence-electron chi connectivity index (χ4n) is 2.35. The van der Waals surface area contributed by atoms with E-state index >= 15 is 0 Å². The molecule has 0 bridgehead atoms. The van der Waals surface area contributed by atoms with E-state index in [1.165, 1.54) is 0 Å². The summed E-state index contributed by atoms with van der Waals surface area (Å²) in [4.78, 5) is 1.99. The van der Waals surface area contributed by atoms with E-state index in [0.717, 1.165) is 0 Å². The first-order valence-electron chi connectivity index (χ1n) is 6.75. The molecule has 1 aromatic rings. The normalized spacial score (nSPS) is 13.9. The van der Waals surface area contributed by atoms with Gasteiger partial charge in [0.15, 0.2) is 0 Å². The Morgan fingerprint density at radius 3 is 2.35 bits per heavy atom. The zero-order valence-electron chi connectivity index (χ0n) is 12.7. The quantitative estimate of drug-likeness (QED) is 0.772. The molecule has 114 valence electrons. The van der Waals surface area contributed by atoms with Crippen LogP contribution in [0.1, 0.15) is 19.4 Å². The van der Waals surface area contributed by atoms with Crippen LogP contribution in [-0.2, 0) is 15.8 Å². The molecule has 0 fully saturated rings. The molecule has 0 aliphatic heterocycles. The van der Waals surface area contributed by atoms with Gasteiger partial charge in [-0.1, -0.05) is 25.1 Å². The van der Waals surface area contributed by atoms with Gasteiger partial charge in [-0.05, 0) is 32.6 Å². The van der Waals surface area contributed by atoms with E-state index in [4.69, 9.17) is 5.73 Å². The number of hydrogen-bond acceptors (Lipinski definition) is 4. The smallest absolute Gasteiger partial charge is 0.218 e. The molecule has 0 aromatic heterocycles. The van der Waals surface area contributed by atoms with Crippen molar-refractivity contribution >= 4 is 15.7 Å². The van der Waals surface area contributed by atoms with Gasteiger partial charge in [-0.2, -0.15) is 4.31 Å². The van der Waals surface area contributed by atoms with E-state index in [-0.39, 0.29) is 11.8 Å². The van der Waals surface area contributed by atoms with Crippen LogP contribution in [0, 0.1) is 0 Å². The highest BCUT2D eigenvalue weighted by molar-refractivity contribution is 7.88. The summed E-state index contributed by atoms with van der Waals surface area (Å²) in [7, 11) is 0.507. The standard InChI is InChI=1S/C14H25N3O2S/c1-5-17(12(2)10-16(3)4)20(18,19)11-13-8-6-7-9-14(13)15/h6-9,12H,5,10-11,15H2,1-4H3. The highest BCUT2D eigenvalue weighted by Crippen LogP contribution is 2.18.